The Bertz CT molecular complexity index is 1030. The molecular weight excluding hydrogens is 459 g/mol. The lowest BCUT2D eigenvalue weighted by Gasteiger charge is -2.32. The van der Waals surface area contributed by atoms with Crippen LogP contribution in [0, 0.1) is 17.8 Å². The Kier molecular flexibility index (Phi) is 8.80. The highest BCUT2D eigenvalue weighted by atomic mass is 16.5. The van der Waals surface area contributed by atoms with Gasteiger partial charge in [0.1, 0.15) is 7.85 Å². The summed E-state index contributed by atoms with van der Waals surface area (Å²) >= 11 is 0. The van der Waals surface area contributed by atoms with Crippen LogP contribution in [0.3, 0.4) is 0 Å². The minimum Gasteiger partial charge on any atom is -0.380 e. The molecule has 3 fully saturated rings. The number of amides is 1. The van der Waals surface area contributed by atoms with Crippen molar-refractivity contribution in [3.05, 3.63) is 47.3 Å². The zero-order chi connectivity index (χ0) is 25.6. The van der Waals surface area contributed by atoms with Crippen molar-refractivity contribution in [1.82, 2.24) is 14.9 Å². The van der Waals surface area contributed by atoms with Crippen molar-refractivity contribution < 1.29 is 9.53 Å². The minimum atomic E-state index is 0.300. The van der Waals surface area contributed by atoms with Crippen LogP contribution in [0.15, 0.2) is 30.6 Å². The summed E-state index contributed by atoms with van der Waals surface area (Å²) in [7, 11) is 3.87. The molecule has 0 radical (unpaired) electrons. The number of rotatable bonds is 10. The van der Waals surface area contributed by atoms with Crippen LogP contribution in [0.1, 0.15) is 68.1 Å². The number of ether oxygens (including phenoxy) is 1. The Morgan fingerprint density at radius 3 is 2.51 bits per heavy atom. The maximum atomic E-state index is 12.7. The summed E-state index contributed by atoms with van der Waals surface area (Å²) in [5.74, 6) is 3.88. The second-order valence-electron chi connectivity index (χ2n) is 11.6. The average molecular weight is 503 g/mol. The molecule has 198 valence electrons. The van der Waals surface area contributed by atoms with Gasteiger partial charge >= 0.3 is 0 Å². The third kappa shape index (κ3) is 6.92. The van der Waals surface area contributed by atoms with Crippen LogP contribution in [-0.2, 0) is 29.0 Å². The summed E-state index contributed by atoms with van der Waals surface area (Å²) in [5.41, 5.74) is 4.92. The van der Waals surface area contributed by atoms with Crippen molar-refractivity contribution in [2.75, 3.05) is 38.2 Å². The van der Waals surface area contributed by atoms with Crippen molar-refractivity contribution in [3.63, 3.8) is 0 Å². The lowest BCUT2D eigenvalue weighted by Crippen LogP contribution is -2.37. The molecule has 1 amide bonds. The number of piperidine rings is 2. The van der Waals surface area contributed by atoms with Crippen molar-refractivity contribution in [3.8, 4) is 0 Å². The van der Waals surface area contributed by atoms with Gasteiger partial charge in [0.2, 0.25) is 11.9 Å². The van der Waals surface area contributed by atoms with Gasteiger partial charge in [-0.05, 0) is 86.7 Å². The van der Waals surface area contributed by atoms with Crippen LogP contribution in [0.25, 0.3) is 0 Å². The fourth-order valence-corrected chi connectivity index (χ4v) is 6.56. The first-order valence-corrected chi connectivity index (χ1v) is 14.5. The molecule has 1 aromatic heterocycles. The molecule has 2 saturated heterocycles. The number of hydrogen-bond acceptors (Lipinski definition) is 5. The van der Waals surface area contributed by atoms with E-state index in [0.717, 1.165) is 74.7 Å². The smallest absolute Gasteiger partial charge is 0.226 e. The highest BCUT2D eigenvalue weighted by Crippen LogP contribution is 2.50. The number of aryl methyl sites for hydroxylation is 1. The highest BCUT2D eigenvalue weighted by Gasteiger charge is 2.43. The quantitative estimate of drug-likeness (QED) is 0.467. The first-order chi connectivity index (χ1) is 18.1. The van der Waals surface area contributed by atoms with Gasteiger partial charge in [0.15, 0.2) is 0 Å². The number of anilines is 1. The number of likely N-dealkylation sites (tertiary alicyclic amines) is 1. The summed E-state index contributed by atoms with van der Waals surface area (Å²) in [4.78, 5) is 26.2. The standard InChI is InChI=1S/C30H43BN4O2/c1-37-21-23-19-32-30(33-20-23)35-14-10-24(11-15-35)27-17-25(27)7-5-6-22-8-9-26(28(31)16-22)18-29(36)34-12-3-2-4-13-34/h8-9,16,19-20,24-25,27H,2-7,10-15,17-18,21,31H2,1H3/t25-,27-/m1/s1. The number of carbonyl (C=O) groups is 1. The van der Waals surface area contributed by atoms with E-state index in [2.05, 4.69) is 45.8 Å². The molecule has 1 aliphatic carbocycles. The van der Waals surface area contributed by atoms with E-state index in [9.17, 15) is 4.79 Å². The number of aromatic nitrogens is 2. The lowest BCUT2D eigenvalue weighted by atomic mass is 9.86. The van der Waals surface area contributed by atoms with Crippen LogP contribution in [0.5, 0.6) is 0 Å². The molecule has 3 aliphatic rings. The van der Waals surface area contributed by atoms with Crippen molar-refractivity contribution in [1.29, 1.82) is 0 Å². The predicted octanol–water partition coefficient (Wildman–Crippen LogP) is 3.31. The molecule has 0 unspecified atom stereocenters. The third-order valence-electron chi connectivity index (χ3n) is 8.91. The summed E-state index contributed by atoms with van der Waals surface area (Å²) in [6, 6.07) is 6.79. The lowest BCUT2D eigenvalue weighted by molar-refractivity contribution is -0.131. The Morgan fingerprint density at radius 1 is 1.05 bits per heavy atom. The number of nitrogens with zero attached hydrogens (tertiary/aromatic N) is 4. The number of benzene rings is 1. The monoisotopic (exact) mass is 502 g/mol. The van der Waals surface area contributed by atoms with Crippen molar-refractivity contribution >= 4 is 25.2 Å². The summed E-state index contributed by atoms with van der Waals surface area (Å²) < 4.78 is 5.16. The largest absolute Gasteiger partial charge is 0.380 e. The van der Waals surface area contributed by atoms with Crippen LogP contribution < -0.4 is 10.4 Å². The fraction of sp³-hybridized carbons (Fsp3) is 0.633. The molecule has 37 heavy (non-hydrogen) atoms. The van der Waals surface area contributed by atoms with Crippen LogP contribution in [-0.4, -0.2) is 61.9 Å². The number of methoxy groups -OCH3 is 1. The SMILES string of the molecule is Bc1cc(CCC[C@@H]2C[C@@H]2C2CCN(c3ncc(COC)cn3)CC2)ccc1CC(=O)N1CCCCC1. The molecule has 0 N–H and O–H groups in total. The highest BCUT2D eigenvalue weighted by molar-refractivity contribution is 6.33. The zero-order valence-corrected chi connectivity index (χ0v) is 22.8. The number of hydrogen-bond donors (Lipinski definition) is 0. The van der Waals surface area contributed by atoms with E-state index in [4.69, 9.17) is 4.74 Å². The third-order valence-corrected chi connectivity index (χ3v) is 8.91. The van der Waals surface area contributed by atoms with Gasteiger partial charge in [0, 0.05) is 51.2 Å². The first-order valence-electron chi connectivity index (χ1n) is 14.5. The second-order valence-corrected chi connectivity index (χ2v) is 11.6. The molecule has 1 aromatic carbocycles. The Labute approximate surface area is 223 Å². The van der Waals surface area contributed by atoms with Gasteiger partial charge in [-0.2, -0.15) is 0 Å². The molecule has 7 heteroatoms. The predicted molar refractivity (Wildman–Crippen MR) is 151 cm³/mol. The van der Waals surface area contributed by atoms with E-state index in [1.807, 2.05) is 12.4 Å². The van der Waals surface area contributed by atoms with Crippen molar-refractivity contribution in [2.45, 2.75) is 70.8 Å². The summed E-state index contributed by atoms with van der Waals surface area (Å²) in [6.45, 7) is 4.59. The second kappa shape index (κ2) is 12.4. The van der Waals surface area contributed by atoms with Gasteiger partial charge in [0.05, 0.1) is 13.0 Å². The van der Waals surface area contributed by atoms with Gasteiger partial charge < -0.3 is 14.5 Å². The molecule has 0 spiro atoms. The Morgan fingerprint density at radius 2 is 1.81 bits per heavy atom. The van der Waals surface area contributed by atoms with E-state index in [-0.39, 0.29) is 0 Å². The molecule has 3 heterocycles. The van der Waals surface area contributed by atoms with Crippen molar-refractivity contribution in [2.24, 2.45) is 17.8 Å². The maximum Gasteiger partial charge on any atom is 0.226 e. The summed E-state index contributed by atoms with van der Waals surface area (Å²) in [5, 5.41) is 0. The van der Waals surface area contributed by atoms with E-state index in [1.165, 1.54) is 55.1 Å². The average Bonchev–Trinajstić information content (AvgIpc) is 3.71. The van der Waals surface area contributed by atoms with Crippen LogP contribution in [0.2, 0.25) is 0 Å². The first kappa shape index (κ1) is 26.2. The molecule has 2 aliphatic heterocycles. The minimum absolute atomic E-state index is 0.300. The molecular formula is C30H43BN4O2. The molecule has 0 bridgehead atoms. The summed E-state index contributed by atoms with van der Waals surface area (Å²) in [6.07, 6.45) is 15.6. The van der Waals surface area contributed by atoms with E-state index in [0.29, 0.717) is 18.9 Å². The van der Waals surface area contributed by atoms with Gasteiger partial charge in [-0.25, -0.2) is 9.97 Å². The molecule has 1 saturated carbocycles. The Balaban J connectivity index is 1.01. The van der Waals surface area contributed by atoms with Crippen LogP contribution >= 0.6 is 0 Å². The van der Waals surface area contributed by atoms with E-state index in [1.54, 1.807) is 7.11 Å². The van der Waals surface area contributed by atoms with Gasteiger partial charge in [-0.15, -0.1) is 0 Å². The van der Waals surface area contributed by atoms with E-state index < -0.39 is 0 Å². The molecule has 2 aromatic rings. The molecule has 2 atom stereocenters. The normalized spacial score (nSPS) is 22.3. The van der Waals surface area contributed by atoms with Crippen LogP contribution in [0.4, 0.5) is 5.95 Å². The fourth-order valence-electron chi connectivity index (χ4n) is 6.56. The van der Waals surface area contributed by atoms with Gasteiger partial charge in [0.25, 0.3) is 0 Å². The van der Waals surface area contributed by atoms with Gasteiger partial charge in [-0.1, -0.05) is 23.7 Å². The molecule has 5 rings (SSSR count). The Hall–Kier alpha value is -2.41. The molecule has 6 nitrogen and oxygen atoms in total. The maximum absolute atomic E-state index is 12.7. The topological polar surface area (TPSA) is 58.6 Å². The zero-order valence-electron chi connectivity index (χ0n) is 22.8. The van der Waals surface area contributed by atoms with Gasteiger partial charge in [-0.3, -0.25) is 4.79 Å². The number of carbonyl (C=O) groups excluding carboxylic acids is 1. The van der Waals surface area contributed by atoms with E-state index >= 15 is 0 Å².